The molecule has 0 heterocycles. The van der Waals surface area contributed by atoms with Gasteiger partial charge < -0.3 is 14.2 Å². The third-order valence-electron chi connectivity index (χ3n) is 4.41. The lowest BCUT2D eigenvalue weighted by Crippen LogP contribution is -2.60. The summed E-state index contributed by atoms with van der Waals surface area (Å²) in [7, 11) is -0.649. The standard InChI is InChI=1S/C20H26O4Si/c1-20(19(21)22-2,25(3,4)5)24-18-14-10-9-13-17(18)23-15-16-11-7-6-8-12-16/h6-14H,15H2,1-5H3. The minimum Gasteiger partial charge on any atom is -0.485 e. The molecule has 1 unspecified atom stereocenters. The number of hydrogen-bond acceptors (Lipinski definition) is 4. The van der Waals surface area contributed by atoms with E-state index in [2.05, 4.69) is 19.6 Å². The molecule has 2 rings (SSSR count). The van der Waals surface area contributed by atoms with Gasteiger partial charge in [-0.2, -0.15) is 0 Å². The van der Waals surface area contributed by atoms with Crippen LogP contribution in [0.15, 0.2) is 54.6 Å². The summed E-state index contributed by atoms with van der Waals surface area (Å²) < 4.78 is 17.1. The highest BCUT2D eigenvalue weighted by atomic mass is 28.3. The van der Waals surface area contributed by atoms with Gasteiger partial charge in [0.25, 0.3) is 0 Å². The molecule has 0 bridgehead atoms. The van der Waals surface area contributed by atoms with Crippen molar-refractivity contribution in [2.45, 2.75) is 38.4 Å². The Balaban J connectivity index is 2.25. The molecule has 0 spiro atoms. The summed E-state index contributed by atoms with van der Waals surface area (Å²) in [5, 5.41) is -1.01. The molecule has 0 fully saturated rings. The van der Waals surface area contributed by atoms with Crippen LogP contribution in [-0.2, 0) is 16.1 Å². The Hall–Kier alpha value is -2.27. The van der Waals surface area contributed by atoms with Crippen molar-refractivity contribution in [3.05, 3.63) is 60.2 Å². The van der Waals surface area contributed by atoms with Crippen molar-refractivity contribution < 1.29 is 19.0 Å². The van der Waals surface area contributed by atoms with E-state index in [-0.39, 0.29) is 5.97 Å². The van der Waals surface area contributed by atoms with Gasteiger partial charge >= 0.3 is 5.97 Å². The van der Waals surface area contributed by atoms with Crippen molar-refractivity contribution >= 4 is 14.0 Å². The number of hydrogen-bond donors (Lipinski definition) is 0. The van der Waals surface area contributed by atoms with E-state index in [0.717, 1.165) is 5.56 Å². The Morgan fingerprint density at radius 2 is 1.52 bits per heavy atom. The van der Waals surface area contributed by atoms with Crippen molar-refractivity contribution in [1.29, 1.82) is 0 Å². The number of ether oxygens (including phenoxy) is 3. The van der Waals surface area contributed by atoms with Crippen LogP contribution >= 0.6 is 0 Å². The van der Waals surface area contributed by atoms with Crippen molar-refractivity contribution in [1.82, 2.24) is 0 Å². The van der Waals surface area contributed by atoms with Gasteiger partial charge in [-0.3, -0.25) is 0 Å². The number of esters is 1. The molecule has 25 heavy (non-hydrogen) atoms. The van der Waals surface area contributed by atoms with Crippen LogP contribution in [0.5, 0.6) is 11.5 Å². The molecule has 5 heteroatoms. The number of methoxy groups -OCH3 is 1. The van der Waals surface area contributed by atoms with Crippen LogP contribution in [0.4, 0.5) is 0 Å². The molecule has 1 atom stereocenters. The maximum Gasteiger partial charge on any atom is 0.345 e. The van der Waals surface area contributed by atoms with Crippen LogP contribution in [-0.4, -0.2) is 26.4 Å². The lowest BCUT2D eigenvalue weighted by atomic mass is 10.2. The van der Waals surface area contributed by atoms with Crippen molar-refractivity contribution in [3.8, 4) is 11.5 Å². The Kier molecular flexibility index (Phi) is 5.90. The fraction of sp³-hybridized carbons (Fsp3) is 0.350. The maximum absolute atomic E-state index is 12.4. The van der Waals surface area contributed by atoms with E-state index in [0.29, 0.717) is 18.1 Å². The van der Waals surface area contributed by atoms with E-state index in [1.54, 1.807) is 6.92 Å². The van der Waals surface area contributed by atoms with E-state index >= 15 is 0 Å². The van der Waals surface area contributed by atoms with Crippen LogP contribution in [0.3, 0.4) is 0 Å². The highest BCUT2D eigenvalue weighted by Crippen LogP contribution is 2.35. The third-order valence-corrected chi connectivity index (χ3v) is 7.58. The number of benzene rings is 2. The lowest BCUT2D eigenvalue weighted by molar-refractivity contribution is -0.151. The largest absolute Gasteiger partial charge is 0.485 e. The zero-order valence-electron chi connectivity index (χ0n) is 15.5. The van der Waals surface area contributed by atoms with Crippen molar-refractivity contribution in [2.24, 2.45) is 0 Å². The van der Waals surface area contributed by atoms with E-state index in [1.807, 2.05) is 54.6 Å². The first-order chi connectivity index (χ1) is 11.8. The van der Waals surface area contributed by atoms with Crippen molar-refractivity contribution in [2.75, 3.05) is 7.11 Å². The molecule has 2 aromatic rings. The lowest BCUT2D eigenvalue weighted by Gasteiger charge is -2.38. The first-order valence-corrected chi connectivity index (χ1v) is 11.8. The SMILES string of the molecule is COC(=O)C(C)(Oc1ccccc1OCc1ccccc1)[Si](C)(C)C. The summed E-state index contributed by atoms with van der Waals surface area (Å²) in [5.41, 5.74) is 1.07. The van der Waals surface area contributed by atoms with Crippen molar-refractivity contribution in [3.63, 3.8) is 0 Å². The molecule has 0 radical (unpaired) electrons. The average molecular weight is 359 g/mol. The molecule has 4 nitrogen and oxygen atoms in total. The second-order valence-electron chi connectivity index (χ2n) is 7.10. The second-order valence-corrected chi connectivity index (χ2v) is 12.6. The number of carbonyl (C=O) groups excluding carboxylic acids is 1. The summed E-state index contributed by atoms with van der Waals surface area (Å²) in [4.78, 5) is 12.4. The molecule has 0 saturated carbocycles. The predicted molar refractivity (Wildman–Crippen MR) is 102 cm³/mol. The van der Waals surface area contributed by atoms with Gasteiger partial charge in [0, 0.05) is 0 Å². The summed E-state index contributed by atoms with van der Waals surface area (Å²) in [6, 6.07) is 17.3. The molecule has 0 N–H and O–H groups in total. The molecule has 0 aliphatic rings. The summed E-state index contributed by atoms with van der Waals surface area (Å²) in [6.07, 6.45) is 0. The quantitative estimate of drug-likeness (QED) is 0.542. The molecule has 0 aliphatic heterocycles. The van der Waals surface area contributed by atoms with Gasteiger partial charge in [-0.25, -0.2) is 4.79 Å². The van der Waals surface area contributed by atoms with Gasteiger partial charge in [-0.05, 0) is 24.6 Å². The molecule has 0 aliphatic carbocycles. The molecule has 134 valence electrons. The fourth-order valence-electron chi connectivity index (χ4n) is 2.30. The molecular formula is C20H26O4Si. The van der Waals surface area contributed by atoms with Crippen LogP contribution < -0.4 is 9.47 Å². The minimum atomic E-state index is -2.04. The molecule has 0 saturated heterocycles. The molecular weight excluding hydrogens is 332 g/mol. The smallest absolute Gasteiger partial charge is 0.345 e. The minimum absolute atomic E-state index is 0.357. The summed E-state index contributed by atoms with van der Waals surface area (Å²) >= 11 is 0. The third kappa shape index (κ3) is 4.42. The summed E-state index contributed by atoms with van der Waals surface area (Å²) in [6.45, 7) is 8.48. The highest BCUT2D eigenvalue weighted by molar-refractivity contribution is 6.82. The van der Waals surface area contributed by atoms with Gasteiger partial charge in [-0.15, -0.1) is 0 Å². The molecule has 2 aromatic carbocycles. The Morgan fingerprint density at radius 3 is 2.08 bits per heavy atom. The van der Waals surface area contributed by atoms with E-state index in [1.165, 1.54) is 7.11 Å². The molecule has 0 aromatic heterocycles. The van der Waals surface area contributed by atoms with Crippen LogP contribution in [0.1, 0.15) is 12.5 Å². The number of rotatable bonds is 7. The highest BCUT2D eigenvalue weighted by Gasteiger charge is 2.49. The summed E-state index contributed by atoms with van der Waals surface area (Å²) in [5.74, 6) is 0.804. The van der Waals surface area contributed by atoms with Gasteiger partial charge in [0.15, 0.2) is 16.7 Å². The fourth-order valence-corrected chi connectivity index (χ4v) is 3.44. The first kappa shape index (κ1) is 19.1. The predicted octanol–water partition coefficient (Wildman–Crippen LogP) is 4.45. The van der Waals surface area contributed by atoms with E-state index < -0.39 is 13.3 Å². The number of carbonyl (C=O) groups is 1. The normalized spacial score (nSPS) is 13.6. The topological polar surface area (TPSA) is 44.8 Å². The van der Waals surface area contributed by atoms with Gasteiger partial charge in [0.2, 0.25) is 0 Å². The van der Waals surface area contributed by atoms with E-state index in [9.17, 15) is 4.79 Å². The van der Waals surface area contributed by atoms with Crippen LogP contribution in [0, 0.1) is 0 Å². The Bertz CT molecular complexity index is 709. The van der Waals surface area contributed by atoms with Crippen LogP contribution in [0.25, 0.3) is 0 Å². The first-order valence-electron chi connectivity index (χ1n) is 8.31. The monoisotopic (exact) mass is 358 g/mol. The zero-order chi connectivity index (χ0) is 18.5. The number of para-hydroxylation sites is 2. The van der Waals surface area contributed by atoms with Gasteiger partial charge in [0.05, 0.1) is 7.11 Å². The van der Waals surface area contributed by atoms with Gasteiger partial charge in [0.1, 0.15) is 14.7 Å². The van der Waals surface area contributed by atoms with E-state index in [4.69, 9.17) is 14.2 Å². The zero-order valence-corrected chi connectivity index (χ0v) is 16.5. The van der Waals surface area contributed by atoms with Crippen LogP contribution in [0.2, 0.25) is 19.6 Å². The average Bonchev–Trinajstić information content (AvgIpc) is 2.60. The molecule has 0 amide bonds. The Morgan fingerprint density at radius 1 is 0.960 bits per heavy atom. The Labute approximate surface area is 150 Å². The second kappa shape index (κ2) is 7.74. The maximum atomic E-state index is 12.4. The van der Waals surface area contributed by atoms with Gasteiger partial charge in [-0.1, -0.05) is 62.1 Å².